The van der Waals surface area contributed by atoms with Gasteiger partial charge >= 0.3 is 0 Å². The summed E-state index contributed by atoms with van der Waals surface area (Å²) in [6, 6.07) is 10.6. The van der Waals surface area contributed by atoms with Crippen LogP contribution in [-0.2, 0) is 6.42 Å². The van der Waals surface area contributed by atoms with Crippen LogP contribution in [-0.4, -0.2) is 5.38 Å². The Kier molecular flexibility index (Phi) is 5.03. The summed E-state index contributed by atoms with van der Waals surface area (Å²) in [6.07, 6.45) is 3.39. The number of halogens is 1. The van der Waals surface area contributed by atoms with Crippen LogP contribution >= 0.6 is 11.6 Å². The first kappa shape index (κ1) is 11.6. The predicted octanol–water partition coefficient (Wildman–Crippen LogP) is 4.27. The molecule has 0 aromatic heterocycles. The van der Waals surface area contributed by atoms with E-state index < -0.39 is 0 Å². The first-order valence-electron chi connectivity index (χ1n) is 5.42. The van der Waals surface area contributed by atoms with Crippen molar-refractivity contribution in [2.75, 3.05) is 0 Å². The molecule has 0 N–H and O–H groups in total. The molecule has 0 spiro atoms. The van der Waals surface area contributed by atoms with Crippen LogP contribution in [0.2, 0.25) is 0 Å². The summed E-state index contributed by atoms with van der Waals surface area (Å²) in [5, 5.41) is 0.320. The Morgan fingerprint density at radius 1 is 1.21 bits per heavy atom. The van der Waals surface area contributed by atoms with E-state index in [9.17, 15) is 0 Å². The fourth-order valence-electron chi connectivity index (χ4n) is 1.67. The highest BCUT2D eigenvalue weighted by Crippen LogP contribution is 2.20. The van der Waals surface area contributed by atoms with Crippen molar-refractivity contribution in [2.45, 2.75) is 38.5 Å². The van der Waals surface area contributed by atoms with Crippen molar-refractivity contribution >= 4 is 11.6 Å². The third kappa shape index (κ3) is 3.71. The zero-order valence-electron chi connectivity index (χ0n) is 9.04. The van der Waals surface area contributed by atoms with Gasteiger partial charge in [-0.3, -0.25) is 0 Å². The maximum atomic E-state index is 6.28. The summed E-state index contributed by atoms with van der Waals surface area (Å²) in [5.41, 5.74) is 1.39. The minimum Gasteiger partial charge on any atom is -0.123 e. The highest BCUT2D eigenvalue weighted by atomic mass is 35.5. The molecule has 2 atom stereocenters. The van der Waals surface area contributed by atoms with Crippen molar-refractivity contribution in [2.24, 2.45) is 5.92 Å². The molecule has 0 fully saturated rings. The molecule has 0 radical (unpaired) electrons. The maximum absolute atomic E-state index is 6.28. The lowest BCUT2D eigenvalue weighted by atomic mass is 9.96. The van der Waals surface area contributed by atoms with E-state index in [4.69, 9.17) is 11.6 Å². The molecule has 1 aromatic rings. The largest absolute Gasteiger partial charge is 0.123 e. The zero-order chi connectivity index (χ0) is 10.4. The first-order chi connectivity index (χ1) is 6.74. The van der Waals surface area contributed by atoms with Gasteiger partial charge in [0.15, 0.2) is 0 Å². The van der Waals surface area contributed by atoms with E-state index in [1.54, 1.807) is 0 Å². The fraction of sp³-hybridized carbons (Fsp3) is 0.538. The van der Waals surface area contributed by atoms with Crippen LogP contribution in [0.15, 0.2) is 30.3 Å². The number of rotatable bonds is 5. The van der Waals surface area contributed by atoms with Crippen LogP contribution in [0.1, 0.15) is 32.3 Å². The van der Waals surface area contributed by atoms with Crippen molar-refractivity contribution in [1.29, 1.82) is 0 Å². The van der Waals surface area contributed by atoms with Gasteiger partial charge in [-0.25, -0.2) is 0 Å². The van der Waals surface area contributed by atoms with Crippen molar-refractivity contribution in [1.82, 2.24) is 0 Å². The molecular weight excluding hydrogens is 192 g/mol. The lowest BCUT2D eigenvalue weighted by Gasteiger charge is -2.17. The minimum atomic E-state index is 0.320. The van der Waals surface area contributed by atoms with Crippen LogP contribution < -0.4 is 0 Å². The van der Waals surface area contributed by atoms with Gasteiger partial charge in [0.25, 0.3) is 0 Å². The molecule has 0 nitrogen and oxygen atoms in total. The molecule has 1 heteroatoms. The zero-order valence-corrected chi connectivity index (χ0v) is 9.80. The summed E-state index contributed by atoms with van der Waals surface area (Å²) in [6.45, 7) is 4.42. The monoisotopic (exact) mass is 210 g/mol. The van der Waals surface area contributed by atoms with Crippen molar-refractivity contribution < 1.29 is 0 Å². The van der Waals surface area contributed by atoms with Gasteiger partial charge in [-0.05, 0) is 24.3 Å². The average molecular weight is 211 g/mol. The highest BCUT2D eigenvalue weighted by Gasteiger charge is 2.13. The standard InChI is InChI=1S/C13H19Cl/c1-3-7-13(14)11(2)10-12-8-5-4-6-9-12/h4-6,8-9,11,13H,3,7,10H2,1-2H3. The van der Waals surface area contributed by atoms with E-state index in [1.807, 2.05) is 0 Å². The molecule has 78 valence electrons. The van der Waals surface area contributed by atoms with Gasteiger partial charge in [0.05, 0.1) is 0 Å². The Morgan fingerprint density at radius 3 is 2.43 bits per heavy atom. The van der Waals surface area contributed by atoms with Crippen LogP contribution in [0, 0.1) is 5.92 Å². The number of hydrogen-bond acceptors (Lipinski definition) is 0. The van der Waals surface area contributed by atoms with E-state index in [2.05, 4.69) is 44.2 Å². The summed E-state index contributed by atoms with van der Waals surface area (Å²) in [7, 11) is 0. The lowest BCUT2D eigenvalue weighted by Crippen LogP contribution is -2.13. The Labute approximate surface area is 92.3 Å². The second-order valence-electron chi connectivity index (χ2n) is 3.97. The first-order valence-corrected chi connectivity index (χ1v) is 5.85. The summed E-state index contributed by atoms with van der Waals surface area (Å²) >= 11 is 6.28. The molecule has 1 aromatic carbocycles. The molecule has 0 heterocycles. The number of benzene rings is 1. The number of hydrogen-bond donors (Lipinski definition) is 0. The SMILES string of the molecule is CCCC(Cl)C(C)Cc1ccccc1. The third-order valence-corrected chi connectivity index (χ3v) is 3.23. The molecule has 0 aliphatic rings. The Balaban J connectivity index is 2.44. The van der Waals surface area contributed by atoms with Gasteiger partial charge in [-0.15, -0.1) is 11.6 Å². The van der Waals surface area contributed by atoms with Gasteiger partial charge < -0.3 is 0 Å². The molecule has 14 heavy (non-hydrogen) atoms. The summed E-state index contributed by atoms with van der Waals surface area (Å²) < 4.78 is 0. The molecule has 0 saturated carbocycles. The van der Waals surface area contributed by atoms with Crippen molar-refractivity contribution in [3.8, 4) is 0 Å². The molecule has 0 saturated heterocycles. The lowest BCUT2D eigenvalue weighted by molar-refractivity contribution is 0.512. The van der Waals surface area contributed by atoms with E-state index in [0.717, 1.165) is 12.8 Å². The molecular formula is C13H19Cl. The number of alkyl halides is 1. The topological polar surface area (TPSA) is 0 Å². The van der Waals surface area contributed by atoms with E-state index in [1.165, 1.54) is 12.0 Å². The van der Waals surface area contributed by atoms with E-state index in [-0.39, 0.29) is 0 Å². The van der Waals surface area contributed by atoms with Gasteiger partial charge in [0, 0.05) is 5.38 Å². The molecule has 0 amide bonds. The summed E-state index contributed by atoms with van der Waals surface area (Å²) in [5.74, 6) is 0.569. The molecule has 0 bridgehead atoms. The second kappa shape index (κ2) is 6.08. The Bertz CT molecular complexity index is 243. The van der Waals surface area contributed by atoms with Gasteiger partial charge in [0.1, 0.15) is 0 Å². The summed E-state index contributed by atoms with van der Waals surface area (Å²) in [4.78, 5) is 0. The molecule has 1 rings (SSSR count). The average Bonchev–Trinajstić information content (AvgIpc) is 2.19. The predicted molar refractivity (Wildman–Crippen MR) is 63.9 cm³/mol. The molecule has 0 aliphatic heterocycles. The second-order valence-corrected chi connectivity index (χ2v) is 4.53. The van der Waals surface area contributed by atoms with E-state index in [0.29, 0.717) is 11.3 Å². The third-order valence-electron chi connectivity index (χ3n) is 2.58. The van der Waals surface area contributed by atoms with Crippen molar-refractivity contribution in [3.05, 3.63) is 35.9 Å². The van der Waals surface area contributed by atoms with Crippen LogP contribution in [0.3, 0.4) is 0 Å². The Hall–Kier alpha value is -0.490. The minimum absolute atomic E-state index is 0.320. The normalized spacial score (nSPS) is 15.1. The van der Waals surface area contributed by atoms with Gasteiger partial charge in [0.2, 0.25) is 0 Å². The maximum Gasteiger partial charge on any atom is 0.0364 e. The van der Waals surface area contributed by atoms with Crippen molar-refractivity contribution in [3.63, 3.8) is 0 Å². The highest BCUT2D eigenvalue weighted by molar-refractivity contribution is 6.20. The molecule has 2 unspecified atom stereocenters. The van der Waals surface area contributed by atoms with Crippen LogP contribution in [0.4, 0.5) is 0 Å². The smallest absolute Gasteiger partial charge is 0.0364 e. The van der Waals surface area contributed by atoms with Gasteiger partial charge in [-0.1, -0.05) is 50.6 Å². The quantitative estimate of drug-likeness (QED) is 0.637. The fourth-order valence-corrected chi connectivity index (χ4v) is 1.98. The van der Waals surface area contributed by atoms with E-state index >= 15 is 0 Å². The van der Waals surface area contributed by atoms with Gasteiger partial charge in [-0.2, -0.15) is 0 Å². The van der Waals surface area contributed by atoms with Crippen LogP contribution in [0.25, 0.3) is 0 Å². The van der Waals surface area contributed by atoms with Crippen LogP contribution in [0.5, 0.6) is 0 Å². The Morgan fingerprint density at radius 2 is 1.86 bits per heavy atom. The molecule has 0 aliphatic carbocycles.